The number of aromatic amines is 1. The number of hydrogen-bond acceptors (Lipinski definition) is 5. The lowest BCUT2D eigenvalue weighted by molar-refractivity contribution is 0.414. The van der Waals surface area contributed by atoms with Crippen LogP contribution in [0.4, 0.5) is 0 Å². The van der Waals surface area contributed by atoms with E-state index >= 15 is 0 Å². The van der Waals surface area contributed by atoms with E-state index in [0.29, 0.717) is 35.7 Å². The van der Waals surface area contributed by atoms with Gasteiger partial charge >= 0.3 is 0 Å². The molecule has 1 N–H and O–H groups in total. The highest BCUT2D eigenvalue weighted by atomic mass is 16.5. The van der Waals surface area contributed by atoms with Gasteiger partial charge in [-0.15, -0.1) is 5.10 Å². The van der Waals surface area contributed by atoms with E-state index in [1.165, 1.54) is 0 Å². The Hall–Kier alpha value is -3.16. The lowest BCUT2D eigenvalue weighted by Gasteiger charge is -2.13. The highest BCUT2D eigenvalue weighted by molar-refractivity contribution is 5.72. The maximum Gasteiger partial charge on any atom is 0.281 e. The molecular weight excluding hydrogens is 356 g/mol. The Morgan fingerprint density at radius 1 is 1.14 bits per heavy atom. The first-order valence-corrected chi connectivity index (χ1v) is 9.33. The zero-order valence-electron chi connectivity index (χ0n) is 16.8. The number of nitrogens with zero attached hydrogens (tertiary/aromatic N) is 5. The molecule has 146 valence electrons. The second-order valence-corrected chi connectivity index (χ2v) is 7.85. The van der Waals surface area contributed by atoms with Gasteiger partial charge in [-0.1, -0.05) is 32.9 Å². The predicted molar refractivity (Wildman–Crippen MR) is 107 cm³/mol. The molecule has 28 heavy (non-hydrogen) atoms. The predicted octanol–water partition coefficient (Wildman–Crippen LogP) is 2.68. The number of imidazole rings is 1. The summed E-state index contributed by atoms with van der Waals surface area (Å²) in [4.78, 5) is 25.4. The number of H-pyrrole nitrogens is 1. The number of benzene rings is 1. The maximum atomic E-state index is 12.9. The number of fused-ring (bicyclic) bond motifs is 3. The zero-order valence-corrected chi connectivity index (χ0v) is 16.8. The van der Waals surface area contributed by atoms with Crippen LogP contribution in [0.2, 0.25) is 0 Å². The number of rotatable bonds is 4. The van der Waals surface area contributed by atoms with Crippen molar-refractivity contribution in [3.63, 3.8) is 0 Å². The summed E-state index contributed by atoms with van der Waals surface area (Å²) in [6, 6.07) is 7.79. The number of aryl methyl sites for hydroxylation is 1. The number of nitrogens with one attached hydrogen (secondary N) is 1. The van der Waals surface area contributed by atoms with Crippen molar-refractivity contribution in [2.45, 2.75) is 46.1 Å². The second kappa shape index (κ2) is 6.47. The van der Waals surface area contributed by atoms with Crippen LogP contribution in [-0.4, -0.2) is 36.2 Å². The molecular formula is C20H24N6O2. The molecule has 0 aliphatic heterocycles. The van der Waals surface area contributed by atoms with Crippen LogP contribution in [0.1, 0.15) is 44.9 Å². The minimum atomic E-state index is -0.207. The topological polar surface area (TPSA) is 90.1 Å². The number of methoxy groups -OCH3 is 1. The van der Waals surface area contributed by atoms with E-state index in [0.717, 1.165) is 17.1 Å². The molecule has 4 rings (SSSR count). The highest BCUT2D eigenvalue weighted by Crippen LogP contribution is 2.22. The molecule has 0 spiro atoms. The third-order valence-corrected chi connectivity index (χ3v) is 4.77. The molecule has 1 aromatic carbocycles. The van der Waals surface area contributed by atoms with E-state index in [1.54, 1.807) is 16.2 Å². The third kappa shape index (κ3) is 2.94. The van der Waals surface area contributed by atoms with Crippen LogP contribution in [0.3, 0.4) is 0 Å². The van der Waals surface area contributed by atoms with E-state index in [-0.39, 0.29) is 11.0 Å². The fourth-order valence-electron chi connectivity index (χ4n) is 3.20. The maximum absolute atomic E-state index is 12.9. The van der Waals surface area contributed by atoms with Crippen LogP contribution >= 0.6 is 0 Å². The monoisotopic (exact) mass is 380 g/mol. The van der Waals surface area contributed by atoms with Gasteiger partial charge in [-0.3, -0.25) is 9.36 Å². The van der Waals surface area contributed by atoms with Gasteiger partial charge in [0, 0.05) is 18.4 Å². The van der Waals surface area contributed by atoms with Crippen molar-refractivity contribution in [3.05, 3.63) is 51.8 Å². The molecule has 0 amide bonds. The van der Waals surface area contributed by atoms with Crippen LogP contribution in [0.5, 0.6) is 5.75 Å². The van der Waals surface area contributed by atoms with Gasteiger partial charge in [0.15, 0.2) is 17.0 Å². The molecule has 0 aliphatic carbocycles. The summed E-state index contributed by atoms with van der Waals surface area (Å²) >= 11 is 0. The number of aromatic nitrogens is 6. The summed E-state index contributed by atoms with van der Waals surface area (Å²) in [6.45, 7) is 8.58. The van der Waals surface area contributed by atoms with Crippen LogP contribution in [0.15, 0.2) is 29.1 Å². The Balaban J connectivity index is 1.88. The average molecular weight is 380 g/mol. The van der Waals surface area contributed by atoms with Crippen molar-refractivity contribution >= 4 is 16.9 Å². The summed E-state index contributed by atoms with van der Waals surface area (Å²) in [5, 5.41) is 4.66. The van der Waals surface area contributed by atoms with Crippen LogP contribution < -0.4 is 10.3 Å². The van der Waals surface area contributed by atoms with Gasteiger partial charge in [-0.05, 0) is 24.6 Å². The first kappa shape index (κ1) is 18.2. The lowest BCUT2D eigenvalue weighted by Crippen LogP contribution is -2.22. The quantitative estimate of drug-likeness (QED) is 0.588. The Morgan fingerprint density at radius 3 is 2.46 bits per heavy atom. The van der Waals surface area contributed by atoms with E-state index in [1.807, 2.05) is 31.2 Å². The standard InChI is InChI=1S/C20H24N6O2/c1-6-25-17(27)15-16(23-18(22-15)20(2,3)4)26-19(25)21-14(24-26)11-12-7-9-13(28-5)10-8-12/h7-10H,6,11H2,1-5H3,(H,22,23). The van der Waals surface area contributed by atoms with Gasteiger partial charge in [0.1, 0.15) is 11.6 Å². The molecule has 0 radical (unpaired) electrons. The first-order valence-electron chi connectivity index (χ1n) is 9.33. The van der Waals surface area contributed by atoms with E-state index in [2.05, 4.69) is 40.8 Å². The third-order valence-electron chi connectivity index (χ3n) is 4.77. The molecule has 3 aromatic heterocycles. The van der Waals surface area contributed by atoms with Crippen molar-refractivity contribution in [3.8, 4) is 5.75 Å². The molecule has 0 bridgehead atoms. The van der Waals surface area contributed by atoms with Crippen LogP contribution in [0, 0.1) is 0 Å². The average Bonchev–Trinajstić information content (AvgIpc) is 3.27. The Labute approximate surface area is 162 Å². The minimum Gasteiger partial charge on any atom is -0.497 e. The number of ether oxygens (including phenoxy) is 1. The Kier molecular flexibility index (Phi) is 4.21. The molecule has 4 aromatic rings. The van der Waals surface area contributed by atoms with Crippen molar-refractivity contribution in [1.29, 1.82) is 0 Å². The van der Waals surface area contributed by atoms with Gasteiger partial charge in [-0.25, -0.2) is 4.98 Å². The molecule has 8 heteroatoms. The van der Waals surface area contributed by atoms with Crippen molar-refractivity contribution in [2.75, 3.05) is 7.11 Å². The molecule has 0 saturated carbocycles. The van der Waals surface area contributed by atoms with Gasteiger partial charge in [0.05, 0.1) is 7.11 Å². The van der Waals surface area contributed by atoms with Crippen molar-refractivity contribution < 1.29 is 4.74 Å². The smallest absolute Gasteiger partial charge is 0.281 e. The Morgan fingerprint density at radius 2 is 1.86 bits per heavy atom. The van der Waals surface area contributed by atoms with Crippen LogP contribution in [0.25, 0.3) is 16.9 Å². The normalized spacial score (nSPS) is 12.2. The molecule has 0 unspecified atom stereocenters. The summed E-state index contributed by atoms with van der Waals surface area (Å²) in [7, 11) is 1.64. The minimum absolute atomic E-state index is 0.128. The molecule has 0 aliphatic rings. The molecule has 8 nitrogen and oxygen atoms in total. The summed E-state index contributed by atoms with van der Waals surface area (Å²) < 4.78 is 8.50. The van der Waals surface area contributed by atoms with E-state index in [9.17, 15) is 4.79 Å². The molecule has 3 heterocycles. The fourth-order valence-corrected chi connectivity index (χ4v) is 3.20. The van der Waals surface area contributed by atoms with E-state index < -0.39 is 0 Å². The summed E-state index contributed by atoms with van der Waals surface area (Å²) in [6.07, 6.45) is 0.557. The van der Waals surface area contributed by atoms with Crippen molar-refractivity contribution in [1.82, 2.24) is 29.1 Å². The SMILES string of the molecule is CCn1c(=O)c2[nH]c(C(C)(C)C)nc2n2nc(Cc3ccc(OC)cc3)nc12. The summed E-state index contributed by atoms with van der Waals surface area (Å²) in [5.41, 5.74) is 1.71. The van der Waals surface area contributed by atoms with Crippen molar-refractivity contribution in [2.24, 2.45) is 0 Å². The molecule has 0 atom stereocenters. The number of hydrogen-bond donors (Lipinski definition) is 1. The second-order valence-electron chi connectivity index (χ2n) is 7.85. The van der Waals surface area contributed by atoms with Gasteiger partial charge in [-0.2, -0.15) is 9.50 Å². The largest absolute Gasteiger partial charge is 0.497 e. The fraction of sp³-hybridized carbons (Fsp3) is 0.400. The summed E-state index contributed by atoms with van der Waals surface area (Å²) in [5.74, 6) is 2.71. The molecule has 0 fully saturated rings. The lowest BCUT2D eigenvalue weighted by atomic mass is 9.96. The van der Waals surface area contributed by atoms with Crippen LogP contribution in [-0.2, 0) is 18.4 Å². The Bertz CT molecular complexity index is 1210. The van der Waals surface area contributed by atoms with E-state index in [4.69, 9.17) is 4.74 Å². The van der Waals surface area contributed by atoms with Gasteiger partial charge in [0.25, 0.3) is 5.56 Å². The van der Waals surface area contributed by atoms with Gasteiger partial charge in [0.2, 0.25) is 5.78 Å². The zero-order chi connectivity index (χ0) is 20.1. The molecule has 0 saturated heterocycles. The van der Waals surface area contributed by atoms with Gasteiger partial charge < -0.3 is 9.72 Å². The first-order chi connectivity index (χ1) is 13.3. The highest BCUT2D eigenvalue weighted by Gasteiger charge is 2.23.